The van der Waals surface area contributed by atoms with Crippen LogP contribution in [0.25, 0.3) is 0 Å². The van der Waals surface area contributed by atoms with Crippen LogP contribution in [0.4, 0.5) is 0 Å². The third-order valence-electron chi connectivity index (χ3n) is 4.02. The highest BCUT2D eigenvalue weighted by Crippen LogP contribution is 2.18. The van der Waals surface area contributed by atoms with E-state index in [9.17, 15) is 4.79 Å². The van der Waals surface area contributed by atoms with Crippen molar-refractivity contribution in [3.05, 3.63) is 53.3 Å². The van der Waals surface area contributed by atoms with Crippen LogP contribution in [0.2, 0.25) is 0 Å². The Hall–Kier alpha value is -2.14. The van der Waals surface area contributed by atoms with Crippen molar-refractivity contribution in [2.24, 2.45) is 0 Å². The van der Waals surface area contributed by atoms with Gasteiger partial charge in [-0.3, -0.25) is 9.48 Å². The summed E-state index contributed by atoms with van der Waals surface area (Å²) in [7, 11) is 4.09. The van der Waals surface area contributed by atoms with Crippen LogP contribution in [0, 0.1) is 6.92 Å². The molecule has 0 aliphatic rings. The van der Waals surface area contributed by atoms with Gasteiger partial charge >= 0.3 is 0 Å². The number of carbonyl (C=O) groups excluding carboxylic acids is 1. The largest absolute Gasteiger partial charge is 0.345 e. The third-order valence-corrected chi connectivity index (χ3v) is 4.02. The second-order valence-electron chi connectivity index (χ2n) is 6.42. The topological polar surface area (TPSA) is 50.2 Å². The Balaban J connectivity index is 2.14. The molecule has 0 saturated heterocycles. The number of hydrogen-bond acceptors (Lipinski definition) is 3. The monoisotopic (exact) mass is 328 g/mol. The lowest BCUT2D eigenvalue weighted by atomic mass is 10.0. The van der Waals surface area contributed by atoms with Crippen molar-refractivity contribution >= 4 is 5.91 Å². The first kappa shape index (κ1) is 18.2. The first-order chi connectivity index (χ1) is 11.5. The van der Waals surface area contributed by atoms with Crippen molar-refractivity contribution < 1.29 is 4.79 Å². The van der Waals surface area contributed by atoms with E-state index in [1.54, 1.807) is 0 Å². The molecule has 5 nitrogen and oxygen atoms in total. The van der Waals surface area contributed by atoms with Crippen LogP contribution < -0.4 is 5.32 Å². The number of nitrogens with zero attached hydrogens (tertiary/aromatic N) is 3. The zero-order valence-corrected chi connectivity index (χ0v) is 15.1. The van der Waals surface area contributed by atoms with E-state index in [-0.39, 0.29) is 11.9 Å². The summed E-state index contributed by atoms with van der Waals surface area (Å²) < 4.78 is 1.85. The molecule has 1 aromatic heterocycles. The van der Waals surface area contributed by atoms with Crippen LogP contribution in [0.1, 0.15) is 47.4 Å². The predicted octanol–water partition coefficient (Wildman–Crippen LogP) is 3.02. The van der Waals surface area contributed by atoms with Crippen molar-refractivity contribution in [1.29, 1.82) is 0 Å². The average molecular weight is 328 g/mol. The number of aryl methyl sites for hydroxylation is 2. The van der Waals surface area contributed by atoms with Crippen LogP contribution >= 0.6 is 0 Å². The van der Waals surface area contributed by atoms with Gasteiger partial charge in [-0.25, -0.2) is 0 Å². The molecular weight excluding hydrogens is 300 g/mol. The predicted molar refractivity (Wildman–Crippen MR) is 97.1 cm³/mol. The van der Waals surface area contributed by atoms with Gasteiger partial charge in [0.05, 0.1) is 17.3 Å². The summed E-state index contributed by atoms with van der Waals surface area (Å²) in [4.78, 5) is 14.9. The average Bonchev–Trinajstić information content (AvgIpc) is 2.93. The van der Waals surface area contributed by atoms with Gasteiger partial charge in [-0.05, 0) is 46.0 Å². The van der Waals surface area contributed by atoms with Crippen LogP contribution in [-0.2, 0) is 6.54 Å². The Bertz CT molecular complexity index is 649. The maximum Gasteiger partial charge on any atom is 0.255 e. The zero-order valence-electron chi connectivity index (χ0n) is 15.1. The molecule has 2 rings (SSSR count). The number of carbonyl (C=O) groups is 1. The SMILES string of the molecule is CCCn1cc(C(=O)N[C@@H](CCN(C)C)c2ccccc2)c(C)n1. The fourth-order valence-electron chi connectivity index (χ4n) is 2.72. The summed E-state index contributed by atoms with van der Waals surface area (Å²) in [6.45, 7) is 5.73. The van der Waals surface area contributed by atoms with E-state index in [0.29, 0.717) is 5.56 Å². The van der Waals surface area contributed by atoms with Crippen LogP contribution in [0.3, 0.4) is 0 Å². The van der Waals surface area contributed by atoms with Gasteiger partial charge in [0.1, 0.15) is 0 Å². The maximum absolute atomic E-state index is 12.7. The van der Waals surface area contributed by atoms with E-state index >= 15 is 0 Å². The highest BCUT2D eigenvalue weighted by molar-refractivity contribution is 5.95. The second-order valence-corrected chi connectivity index (χ2v) is 6.42. The molecule has 1 heterocycles. The van der Waals surface area contributed by atoms with Gasteiger partial charge < -0.3 is 10.2 Å². The lowest BCUT2D eigenvalue weighted by Crippen LogP contribution is -2.31. The smallest absolute Gasteiger partial charge is 0.255 e. The highest BCUT2D eigenvalue weighted by atomic mass is 16.1. The zero-order chi connectivity index (χ0) is 17.5. The molecular formula is C19H28N4O. The Morgan fingerprint density at radius 3 is 2.62 bits per heavy atom. The molecule has 5 heteroatoms. The summed E-state index contributed by atoms with van der Waals surface area (Å²) in [6.07, 6.45) is 3.71. The van der Waals surface area contributed by atoms with E-state index in [4.69, 9.17) is 0 Å². The fourth-order valence-corrected chi connectivity index (χ4v) is 2.72. The molecule has 0 saturated carbocycles. The Morgan fingerprint density at radius 2 is 2.00 bits per heavy atom. The number of amides is 1. The van der Waals surface area contributed by atoms with Crippen molar-refractivity contribution in [1.82, 2.24) is 20.0 Å². The van der Waals surface area contributed by atoms with Gasteiger partial charge in [0.15, 0.2) is 0 Å². The Morgan fingerprint density at radius 1 is 1.29 bits per heavy atom. The molecule has 0 spiro atoms. The molecule has 0 fully saturated rings. The third kappa shape index (κ3) is 4.93. The highest BCUT2D eigenvalue weighted by Gasteiger charge is 2.19. The van der Waals surface area contributed by atoms with Crippen molar-refractivity contribution in [3.8, 4) is 0 Å². The molecule has 130 valence electrons. The minimum Gasteiger partial charge on any atom is -0.345 e. The summed E-state index contributed by atoms with van der Waals surface area (Å²) >= 11 is 0. The van der Waals surface area contributed by atoms with Crippen molar-refractivity contribution in [3.63, 3.8) is 0 Å². The first-order valence-electron chi connectivity index (χ1n) is 8.55. The standard InChI is InChI=1S/C19H28N4O/c1-5-12-23-14-17(15(2)21-23)19(24)20-18(11-13-22(3)4)16-9-7-6-8-10-16/h6-10,14,18H,5,11-13H2,1-4H3,(H,20,24)/t18-/m0/s1. The van der Waals surface area contributed by atoms with Crippen LogP contribution in [0.5, 0.6) is 0 Å². The Kier molecular flexibility index (Phi) is 6.55. The normalized spacial score (nSPS) is 12.4. The van der Waals surface area contributed by atoms with Gasteiger partial charge in [-0.1, -0.05) is 37.3 Å². The summed E-state index contributed by atoms with van der Waals surface area (Å²) in [5.41, 5.74) is 2.57. The molecule has 2 aromatic rings. The second kappa shape index (κ2) is 8.64. The van der Waals surface area contributed by atoms with E-state index in [1.807, 2.05) is 50.1 Å². The molecule has 1 atom stereocenters. The molecule has 0 unspecified atom stereocenters. The number of nitrogens with one attached hydrogen (secondary N) is 1. The minimum absolute atomic E-state index is 0.00461. The van der Waals surface area contributed by atoms with Gasteiger partial charge in [0, 0.05) is 12.7 Å². The molecule has 0 radical (unpaired) electrons. The van der Waals surface area contributed by atoms with Gasteiger partial charge in [0.25, 0.3) is 5.91 Å². The fraction of sp³-hybridized carbons (Fsp3) is 0.474. The lowest BCUT2D eigenvalue weighted by Gasteiger charge is -2.21. The van der Waals surface area contributed by atoms with Gasteiger partial charge in [0.2, 0.25) is 0 Å². The van der Waals surface area contributed by atoms with E-state index in [0.717, 1.165) is 37.2 Å². The Labute approximate surface area is 144 Å². The minimum atomic E-state index is -0.0533. The molecule has 0 aliphatic heterocycles. The quantitative estimate of drug-likeness (QED) is 0.810. The number of hydrogen-bond donors (Lipinski definition) is 1. The van der Waals surface area contributed by atoms with Gasteiger partial charge in [-0.2, -0.15) is 5.10 Å². The number of rotatable bonds is 8. The van der Waals surface area contributed by atoms with Gasteiger partial charge in [-0.15, -0.1) is 0 Å². The molecule has 1 N–H and O–H groups in total. The number of aromatic nitrogens is 2. The molecule has 1 amide bonds. The van der Waals surface area contributed by atoms with E-state index in [1.165, 1.54) is 0 Å². The van der Waals surface area contributed by atoms with E-state index in [2.05, 4.69) is 34.4 Å². The summed E-state index contributed by atoms with van der Waals surface area (Å²) in [5, 5.41) is 7.61. The first-order valence-corrected chi connectivity index (χ1v) is 8.55. The van der Waals surface area contributed by atoms with E-state index < -0.39 is 0 Å². The lowest BCUT2D eigenvalue weighted by molar-refractivity contribution is 0.0932. The number of benzene rings is 1. The maximum atomic E-state index is 12.7. The summed E-state index contributed by atoms with van der Waals surface area (Å²) in [5.74, 6) is -0.0533. The molecule has 1 aromatic carbocycles. The summed E-state index contributed by atoms with van der Waals surface area (Å²) in [6, 6.07) is 10.1. The van der Waals surface area contributed by atoms with Crippen LogP contribution in [0.15, 0.2) is 36.5 Å². The van der Waals surface area contributed by atoms with Crippen molar-refractivity contribution in [2.45, 2.75) is 39.3 Å². The molecule has 24 heavy (non-hydrogen) atoms. The molecule has 0 bridgehead atoms. The molecule has 0 aliphatic carbocycles. The van der Waals surface area contributed by atoms with Crippen LogP contribution in [-0.4, -0.2) is 41.2 Å². The van der Waals surface area contributed by atoms with Crippen molar-refractivity contribution in [2.75, 3.05) is 20.6 Å².